The van der Waals surface area contributed by atoms with Crippen molar-refractivity contribution in [3.05, 3.63) is 33.4 Å². The molecule has 0 aliphatic carbocycles. The van der Waals surface area contributed by atoms with Crippen molar-refractivity contribution >= 4 is 57.5 Å². The lowest BCUT2D eigenvalue weighted by Gasteiger charge is -2.40. The van der Waals surface area contributed by atoms with Gasteiger partial charge >= 0.3 is 0 Å². The Hall–Kier alpha value is -0.340. The minimum Gasteiger partial charge on any atom is -0.392 e. The minimum atomic E-state index is -0.141. The molecule has 20 heavy (non-hydrogen) atoms. The number of likely N-dealkylation sites (tertiary alicyclic amines) is 1. The molecule has 2 rings (SSSR count). The molecule has 0 saturated carbocycles. The van der Waals surface area contributed by atoms with Crippen LogP contribution in [-0.2, 0) is 0 Å². The van der Waals surface area contributed by atoms with E-state index in [-0.39, 0.29) is 10.7 Å². The Kier molecular flexibility index (Phi) is 5.30. The van der Waals surface area contributed by atoms with Crippen molar-refractivity contribution < 1.29 is 4.79 Å². The van der Waals surface area contributed by atoms with Crippen molar-refractivity contribution in [3.63, 3.8) is 0 Å². The molecule has 108 valence electrons. The highest BCUT2D eigenvalue weighted by atomic mass is 127. The van der Waals surface area contributed by atoms with Gasteiger partial charge in [-0.1, -0.05) is 12.2 Å². The molecule has 0 radical (unpaired) electrons. The first-order chi connectivity index (χ1) is 9.48. The Bertz CT molecular complexity index is 510. The van der Waals surface area contributed by atoms with Crippen molar-refractivity contribution in [2.45, 2.75) is 17.6 Å². The van der Waals surface area contributed by atoms with E-state index in [0.29, 0.717) is 18.1 Å². The van der Waals surface area contributed by atoms with Crippen LogP contribution in [0.25, 0.3) is 0 Å². The van der Waals surface area contributed by atoms with Crippen LogP contribution in [0.1, 0.15) is 23.2 Å². The standard InChI is InChI=1S/C14H17IN2OS2/c1-20-14(13(16)19)6-8-17(9-7-14)12(18)10-2-4-11(15)5-3-10/h2-5H,6-9H2,1H3,(H2,16,19). The zero-order valence-electron chi connectivity index (χ0n) is 11.3. The van der Waals surface area contributed by atoms with Gasteiger partial charge in [0.05, 0.1) is 9.74 Å². The van der Waals surface area contributed by atoms with Gasteiger partial charge in [0.15, 0.2) is 0 Å². The number of amides is 1. The van der Waals surface area contributed by atoms with E-state index >= 15 is 0 Å². The zero-order chi connectivity index (χ0) is 14.8. The molecule has 2 N–H and O–H groups in total. The fraction of sp³-hybridized carbons (Fsp3) is 0.429. The van der Waals surface area contributed by atoms with Gasteiger partial charge in [0.1, 0.15) is 0 Å². The van der Waals surface area contributed by atoms with Crippen LogP contribution in [0.3, 0.4) is 0 Å². The lowest BCUT2D eigenvalue weighted by atomic mass is 9.95. The summed E-state index contributed by atoms with van der Waals surface area (Å²) in [6.45, 7) is 1.42. The molecule has 1 aromatic rings. The maximum Gasteiger partial charge on any atom is 0.253 e. The fourth-order valence-electron chi connectivity index (χ4n) is 2.40. The van der Waals surface area contributed by atoms with Gasteiger partial charge in [0.2, 0.25) is 0 Å². The van der Waals surface area contributed by atoms with E-state index < -0.39 is 0 Å². The van der Waals surface area contributed by atoms with Crippen molar-refractivity contribution in [2.75, 3.05) is 19.3 Å². The van der Waals surface area contributed by atoms with E-state index in [1.54, 1.807) is 11.8 Å². The molecule has 1 saturated heterocycles. The van der Waals surface area contributed by atoms with Gasteiger partial charge in [-0.25, -0.2) is 0 Å². The highest BCUT2D eigenvalue weighted by Crippen LogP contribution is 2.35. The number of hydrogen-bond acceptors (Lipinski definition) is 3. The van der Waals surface area contributed by atoms with Gasteiger partial charge in [-0.05, 0) is 66.0 Å². The molecule has 0 unspecified atom stereocenters. The Labute approximate surface area is 142 Å². The number of hydrogen-bond donors (Lipinski definition) is 1. The largest absolute Gasteiger partial charge is 0.392 e. The number of rotatable bonds is 3. The number of carbonyl (C=O) groups is 1. The van der Waals surface area contributed by atoms with Crippen LogP contribution in [0.2, 0.25) is 0 Å². The fourth-order valence-corrected chi connectivity index (χ4v) is 4.00. The summed E-state index contributed by atoms with van der Waals surface area (Å²) in [5, 5.41) is 0. The molecule has 1 amide bonds. The van der Waals surface area contributed by atoms with Gasteiger partial charge in [-0.15, -0.1) is 0 Å². The topological polar surface area (TPSA) is 46.3 Å². The average Bonchev–Trinajstić information content (AvgIpc) is 2.47. The molecule has 6 heteroatoms. The number of thioether (sulfide) groups is 1. The number of piperidine rings is 1. The molecule has 0 atom stereocenters. The molecule has 0 bridgehead atoms. The van der Waals surface area contributed by atoms with Gasteiger partial charge < -0.3 is 10.6 Å². The number of benzene rings is 1. The van der Waals surface area contributed by atoms with E-state index in [4.69, 9.17) is 18.0 Å². The number of carbonyl (C=O) groups excluding carboxylic acids is 1. The van der Waals surface area contributed by atoms with E-state index in [9.17, 15) is 4.79 Å². The summed E-state index contributed by atoms with van der Waals surface area (Å²) >= 11 is 9.13. The van der Waals surface area contributed by atoms with Crippen LogP contribution in [0, 0.1) is 3.57 Å². The maximum atomic E-state index is 12.4. The molecule has 3 nitrogen and oxygen atoms in total. The van der Waals surface area contributed by atoms with Crippen molar-refractivity contribution in [2.24, 2.45) is 5.73 Å². The van der Waals surface area contributed by atoms with Gasteiger partial charge in [0.25, 0.3) is 5.91 Å². The summed E-state index contributed by atoms with van der Waals surface area (Å²) in [4.78, 5) is 14.9. The summed E-state index contributed by atoms with van der Waals surface area (Å²) in [7, 11) is 0. The highest BCUT2D eigenvalue weighted by Gasteiger charge is 2.37. The predicted molar refractivity (Wildman–Crippen MR) is 97.3 cm³/mol. The lowest BCUT2D eigenvalue weighted by Crippen LogP contribution is -2.50. The smallest absolute Gasteiger partial charge is 0.253 e. The van der Waals surface area contributed by atoms with Crippen LogP contribution < -0.4 is 5.73 Å². The molecule has 1 fully saturated rings. The van der Waals surface area contributed by atoms with Crippen LogP contribution in [0.4, 0.5) is 0 Å². The minimum absolute atomic E-state index is 0.0963. The quantitative estimate of drug-likeness (QED) is 0.604. The monoisotopic (exact) mass is 420 g/mol. The normalized spacial score (nSPS) is 17.8. The summed E-state index contributed by atoms with van der Waals surface area (Å²) in [5.41, 5.74) is 6.62. The second-order valence-electron chi connectivity index (χ2n) is 4.86. The first-order valence-corrected chi connectivity index (χ1v) is 9.09. The molecular weight excluding hydrogens is 403 g/mol. The molecule has 0 aromatic heterocycles. The SMILES string of the molecule is CSC1(C(N)=S)CCN(C(=O)c2ccc(I)cc2)CC1. The van der Waals surface area contributed by atoms with Crippen LogP contribution in [0.15, 0.2) is 24.3 Å². The Morgan fingerprint density at radius 3 is 2.35 bits per heavy atom. The number of nitrogens with zero attached hydrogens (tertiary/aromatic N) is 1. The molecule has 0 spiro atoms. The highest BCUT2D eigenvalue weighted by molar-refractivity contribution is 14.1. The van der Waals surface area contributed by atoms with Crippen molar-refractivity contribution in [1.29, 1.82) is 0 Å². The molecular formula is C14H17IN2OS2. The lowest BCUT2D eigenvalue weighted by molar-refractivity contribution is 0.0719. The van der Waals surface area contributed by atoms with Crippen LogP contribution in [-0.4, -0.2) is 39.9 Å². The third-order valence-corrected chi connectivity index (χ3v) is 6.44. The molecule has 1 aliphatic rings. The Morgan fingerprint density at radius 1 is 1.35 bits per heavy atom. The first-order valence-electron chi connectivity index (χ1n) is 6.38. The molecule has 1 heterocycles. The predicted octanol–water partition coefficient (Wildman–Crippen LogP) is 2.92. The first kappa shape index (κ1) is 16.0. The van der Waals surface area contributed by atoms with Gasteiger partial charge in [-0.2, -0.15) is 11.8 Å². The summed E-state index contributed by atoms with van der Waals surface area (Å²) in [6.07, 6.45) is 3.70. The van der Waals surface area contributed by atoms with E-state index in [1.165, 1.54) is 0 Å². The molecule has 1 aromatic carbocycles. The third kappa shape index (κ3) is 3.28. The summed E-state index contributed by atoms with van der Waals surface area (Å²) in [5.74, 6) is 0.0963. The maximum absolute atomic E-state index is 12.4. The summed E-state index contributed by atoms with van der Waals surface area (Å²) in [6, 6.07) is 7.68. The average molecular weight is 420 g/mol. The van der Waals surface area contributed by atoms with Crippen LogP contribution in [0.5, 0.6) is 0 Å². The Morgan fingerprint density at radius 2 is 1.90 bits per heavy atom. The number of nitrogens with two attached hydrogens (primary N) is 1. The zero-order valence-corrected chi connectivity index (χ0v) is 15.1. The number of thiocarbonyl (C=S) groups is 1. The van der Waals surface area contributed by atoms with Crippen LogP contribution >= 0.6 is 46.6 Å². The Balaban J connectivity index is 2.05. The van der Waals surface area contributed by atoms with E-state index in [1.807, 2.05) is 35.4 Å². The van der Waals surface area contributed by atoms with Crippen molar-refractivity contribution in [1.82, 2.24) is 4.90 Å². The second kappa shape index (κ2) is 6.62. The third-order valence-electron chi connectivity index (χ3n) is 3.79. The molecule has 1 aliphatic heterocycles. The number of halogens is 1. The second-order valence-corrected chi connectivity index (χ2v) is 7.74. The van der Waals surface area contributed by atoms with E-state index in [2.05, 4.69) is 22.6 Å². The summed E-state index contributed by atoms with van der Waals surface area (Å²) < 4.78 is 0.991. The van der Waals surface area contributed by atoms with Crippen molar-refractivity contribution in [3.8, 4) is 0 Å². The van der Waals surface area contributed by atoms with Gasteiger partial charge in [-0.3, -0.25) is 4.79 Å². The van der Waals surface area contributed by atoms with E-state index in [0.717, 1.165) is 22.0 Å². The van der Waals surface area contributed by atoms with Gasteiger partial charge in [0, 0.05) is 22.2 Å².